The number of nitrogen functional groups attached to an aromatic ring is 1. The second-order valence-corrected chi connectivity index (χ2v) is 8.02. The maximum atomic E-state index is 12.4. The highest BCUT2D eigenvalue weighted by molar-refractivity contribution is 7.99. The van der Waals surface area contributed by atoms with Gasteiger partial charge in [0.25, 0.3) is 0 Å². The Bertz CT molecular complexity index is 1090. The number of nitrogens with two attached hydrogens (primary N) is 1. The van der Waals surface area contributed by atoms with Crippen molar-refractivity contribution in [3.05, 3.63) is 45.4 Å². The number of nitrogens with zero attached hydrogens (tertiary/aromatic N) is 3. The van der Waals surface area contributed by atoms with Crippen molar-refractivity contribution in [3.63, 3.8) is 0 Å². The van der Waals surface area contributed by atoms with Crippen LogP contribution >= 0.6 is 46.6 Å². The largest absolute Gasteiger partial charge is 0.495 e. The van der Waals surface area contributed by atoms with Crippen molar-refractivity contribution in [3.8, 4) is 22.9 Å². The number of ether oxygens (including phenoxy) is 2. The normalized spacial score (nSPS) is 10.7. The van der Waals surface area contributed by atoms with Crippen LogP contribution in [0.15, 0.2) is 35.5 Å². The third-order valence-electron chi connectivity index (χ3n) is 3.92. The Balaban J connectivity index is 1.70. The molecule has 0 radical (unpaired) electrons. The Morgan fingerprint density at radius 3 is 2.50 bits per heavy atom. The van der Waals surface area contributed by atoms with Crippen LogP contribution < -0.4 is 20.6 Å². The molecule has 0 aliphatic carbocycles. The molecule has 0 unspecified atom stereocenters. The quantitative estimate of drug-likeness (QED) is 0.376. The molecule has 0 bridgehead atoms. The molecule has 12 heteroatoms. The summed E-state index contributed by atoms with van der Waals surface area (Å²) in [6, 6.07) is 8.09. The highest BCUT2D eigenvalue weighted by Gasteiger charge is 2.17. The van der Waals surface area contributed by atoms with Crippen LogP contribution in [0, 0.1) is 0 Å². The maximum Gasteiger partial charge on any atom is 0.234 e. The molecule has 1 aromatic heterocycles. The van der Waals surface area contributed by atoms with Crippen LogP contribution in [0.25, 0.3) is 11.4 Å². The highest BCUT2D eigenvalue weighted by atomic mass is 35.5. The molecule has 30 heavy (non-hydrogen) atoms. The SMILES string of the molecule is COc1cc(OC)c(NC(=O)CSc2nnc(-c3ccc(Cl)cc3Cl)n2N)cc1Cl. The van der Waals surface area contributed by atoms with E-state index in [9.17, 15) is 4.79 Å². The van der Waals surface area contributed by atoms with Crippen LogP contribution in [0.2, 0.25) is 15.1 Å². The van der Waals surface area contributed by atoms with E-state index in [1.165, 1.54) is 18.9 Å². The molecule has 0 aliphatic rings. The van der Waals surface area contributed by atoms with E-state index in [-0.39, 0.29) is 11.7 Å². The van der Waals surface area contributed by atoms with Crippen LogP contribution in [0.5, 0.6) is 11.5 Å². The number of anilines is 1. The lowest BCUT2D eigenvalue weighted by Gasteiger charge is -2.13. The summed E-state index contributed by atoms with van der Waals surface area (Å²) in [7, 11) is 2.97. The zero-order valence-corrected chi connectivity index (χ0v) is 18.9. The smallest absolute Gasteiger partial charge is 0.234 e. The molecule has 0 saturated heterocycles. The number of carbonyl (C=O) groups excluding carboxylic acids is 1. The Morgan fingerprint density at radius 1 is 1.10 bits per heavy atom. The Labute approximate surface area is 191 Å². The number of hydrogen-bond donors (Lipinski definition) is 2. The van der Waals surface area contributed by atoms with Gasteiger partial charge in [0.2, 0.25) is 11.1 Å². The standard InChI is InChI=1S/C18H16Cl3N5O3S/c1-28-14-7-15(29-2)13(6-12(14)21)23-16(27)8-30-18-25-24-17(26(18)22)10-4-3-9(19)5-11(10)20/h3-7H,8,22H2,1-2H3,(H,23,27). The lowest BCUT2D eigenvalue weighted by molar-refractivity contribution is -0.113. The summed E-state index contributed by atoms with van der Waals surface area (Å²) in [5, 5.41) is 12.4. The van der Waals surface area contributed by atoms with Gasteiger partial charge in [-0.3, -0.25) is 4.79 Å². The van der Waals surface area contributed by atoms with E-state index in [1.54, 1.807) is 30.3 Å². The van der Waals surface area contributed by atoms with Gasteiger partial charge in [-0.25, -0.2) is 4.68 Å². The van der Waals surface area contributed by atoms with E-state index in [4.69, 9.17) is 50.1 Å². The molecule has 3 aromatic rings. The van der Waals surface area contributed by atoms with Gasteiger partial charge in [0.1, 0.15) is 11.5 Å². The summed E-state index contributed by atoms with van der Waals surface area (Å²) in [5.41, 5.74) is 0.988. The van der Waals surface area contributed by atoms with Crippen molar-refractivity contribution in [2.75, 3.05) is 31.1 Å². The van der Waals surface area contributed by atoms with Crippen LogP contribution in [0.4, 0.5) is 5.69 Å². The van der Waals surface area contributed by atoms with Crippen LogP contribution in [0.3, 0.4) is 0 Å². The van der Waals surface area contributed by atoms with Gasteiger partial charge < -0.3 is 20.6 Å². The Hall–Kier alpha value is -2.33. The minimum absolute atomic E-state index is 0.0243. The maximum absolute atomic E-state index is 12.4. The fourth-order valence-electron chi connectivity index (χ4n) is 2.50. The van der Waals surface area contributed by atoms with Gasteiger partial charge in [-0.15, -0.1) is 10.2 Å². The molecule has 158 valence electrons. The van der Waals surface area contributed by atoms with Crippen molar-refractivity contribution >= 4 is 58.2 Å². The minimum Gasteiger partial charge on any atom is -0.495 e. The zero-order chi connectivity index (χ0) is 21.8. The average Bonchev–Trinajstić information content (AvgIpc) is 3.07. The molecule has 0 aliphatic heterocycles. The van der Waals surface area contributed by atoms with Crippen molar-refractivity contribution in [2.45, 2.75) is 5.16 Å². The minimum atomic E-state index is -0.311. The van der Waals surface area contributed by atoms with E-state index in [0.29, 0.717) is 48.8 Å². The van der Waals surface area contributed by atoms with Crippen LogP contribution in [-0.2, 0) is 4.79 Å². The molecule has 2 aromatic carbocycles. The monoisotopic (exact) mass is 487 g/mol. The second-order valence-electron chi connectivity index (χ2n) is 5.82. The van der Waals surface area contributed by atoms with E-state index >= 15 is 0 Å². The van der Waals surface area contributed by atoms with Crippen molar-refractivity contribution in [1.82, 2.24) is 14.9 Å². The number of hydrogen-bond acceptors (Lipinski definition) is 7. The summed E-state index contributed by atoms with van der Waals surface area (Å²) in [6.07, 6.45) is 0. The lowest BCUT2D eigenvalue weighted by Crippen LogP contribution is -2.17. The lowest BCUT2D eigenvalue weighted by atomic mass is 10.2. The average molecular weight is 489 g/mol. The molecule has 3 rings (SSSR count). The first-order valence-corrected chi connectivity index (χ1v) is 10.5. The highest BCUT2D eigenvalue weighted by Crippen LogP contribution is 2.36. The van der Waals surface area contributed by atoms with E-state index in [1.807, 2.05) is 0 Å². The number of amides is 1. The van der Waals surface area contributed by atoms with Gasteiger partial charge in [0.15, 0.2) is 5.82 Å². The van der Waals surface area contributed by atoms with Gasteiger partial charge in [-0.05, 0) is 24.3 Å². The van der Waals surface area contributed by atoms with E-state index in [0.717, 1.165) is 11.8 Å². The fourth-order valence-corrected chi connectivity index (χ4v) is 3.89. The second kappa shape index (κ2) is 9.65. The number of methoxy groups -OCH3 is 2. The summed E-state index contributed by atoms with van der Waals surface area (Å²) >= 11 is 19.4. The predicted molar refractivity (Wildman–Crippen MR) is 120 cm³/mol. The number of nitrogens with one attached hydrogen (secondary N) is 1. The fraction of sp³-hybridized carbons (Fsp3) is 0.167. The van der Waals surface area contributed by atoms with E-state index < -0.39 is 0 Å². The van der Waals surface area contributed by atoms with Gasteiger partial charge in [0.05, 0.1) is 35.7 Å². The molecule has 3 N–H and O–H groups in total. The molecule has 0 fully saturated rings. The predicted octanol–water partition coefficient (Wildman–Crippen LogP) is 4.37. The molecular weight excluding hydrogens is 473 g/mol. The van der Waals surface area contributed by atoms with Gasteiger partial charge >= 0.3 is 0 Å². The molecule has 1 amide bonds. The van der Waals surface area contributed by atoms with E-state index in [2.05, 4.69) is 15.5 Å². The topological polar surface area (TPSA) is 104 Å². The number of thioether (sulfide) groups is 1. The summed E-state index contributed by atoms with van der Waals surface area (Å²) < 4.78 is 11.7. The third-order valence-corrected chi connectivity index (χ3v) is 5.70. The van der Waals surface area contributed by atoms with Crippen molar-refractivity contribution < 1.29 is 14.3 Å². The molecule has 0 spiro atoms. The van der Waals surface area contributed by atoms with Crippen molar-refractivity contribution in [1.29, 1.82) is 0 Å². The summed E-state index contributed by atoms with van der Waals surface area (Å²) in [5.74, 6) is 6.99. The van der Waals surface area contributed by atoms with Crippen molar-refractivity contribution in [2.24, 2.45) is 0 Å². The summed E-state index contributed by atoms with van der Waals surface area (Å²) in [4.78, 5) is 12.4. The molecule has 0 saturated carbocycles. The molecular formula is C18H16Cl3N5O3S. The number of benzene rings is 2. The van der Waals surface area contributed by atoms with Gasteiger partial charge in [0, 0.05) is 16.7 Å². The first kappa shape index (κ1) is 22.4. The number of aromatic nitrogens is 3. The first-order chi connectivity index (χ1) is 14.3. The molecule has 8 nitrogen and oxygen atoms in total. The number of halogens is 3. The van der Waals surface area contributed by atoms with Gasteiger partial charge in [-0.2, -0.15) is 0 Å². The first-order valence-electron chi connectivity index (χ1n) is 8.34. The van der Waals surface area contributed by atoms with Crippen LogP contribution in [-0.4, -0.2) is 40.8 Å². The number of rotatable bonds is 7. The third kappa shape index (κ3) is 4.86. The Morgan fingerprint density at radius 2 is 1.83 bits per heavy atom. The summed E-state index contributed by atoms with van der Waals surface area (Å²) in [6.45, 7) is 0. The van der Waals surface area contributed by atoms with Gasteiger partial charge in [-0.1, -0.05) is 46.6 Å². The Kier molecular flexibility index (Phi) is 7.19. The molecule has 1 heterocycles. The zero-order valence-electron chi connectivity index (χ0n) is 15.8. The number of carbonyl (C=O) groups is 1. The molecule has 0 atom stereocenters. The van der Waals surface area contributed by atoms with Crippen LogP contribution in [0.1, 0.15) is 0 Å².